The highest BCUT2D eigenvalue weighted by Gasteiger charge is 2.11. The van der Waals surface area contributed by atoms with Gasteiger partial charge in [-0.3, -0.25) is 10.2 Å². The van der Waals surface area contributed by atoms with Crippen molar-refractivity contribution in [3.63, 3.8) is 0 Å². The number of nitrogens with zero attached hydrogens (tertiary/aromatic N) is 3. The van der Waals surface area contributed by atoms with Crippen LogP contribution >= 0.6 is 0 Å². The molecule has 0 fully saturated rings. The minimum Gasteiger partial charge on any atom is -0.323 e. The van der Waals surface area contributed by atoms with Crippen molar-refractivity contribution in [3.05, 3.63) is 24.0 Å². The molecule has 0 bridgehead atoms. The largest absolute Gasteiger partial charge is 0.323 e. The molecule has 102 valence electrons. The van der Waals surface area contributed by atoms with E-state index in [9.17, 15) is 9.18 Å². The third-order valence-corrected chi connectivity index (χ3v) is 2.26. The van der Waals surface area contributed by atoms with Crippen LogP contribution in [0.1, 0.15) is 13.8 Å². The van der Waals surface area contributed by atoms with Gasteiger partial charge in [-0.15, -0.1) is 0 Å². The minimum absolute atomic E-state index is 0.000588. The van der Waals surface area contributed by atoms with E-state index >= 15 is 0 Å². The van der Waals surface area contributed by atoms with E-state index in [-0.39, 0.29) is 23.2 Å². The molecule has 0 aliphatic carbocycles. The van der Waals surface area contributed by atoms with Crippen molar-refractivity contribution in [3.8, 4) is 12.1 Å². The van der Waals surface area contributed by atoms with Crippen molar-refractivity contribution in [2.45, 2.75) is 13.8 Å². The lowest BCUT2D eigenvalue weighted by Gasteiger charge is -2.10. The van der Waals surface area contributed by atoms with Gasteiger partial charge in [0.15, 0.2) is 0 Å². The van der Waals surface area contributed by atoms with Crippen LogP contribution in [0.25, 0.3) is 0 Å². The first-order valence-electron chi connectivity index (χ1n) is 5.72. The van der Waals surface area contributed by atoms with E-state index in [1.54, 1.807) is 26.0 Å². The van der Waals surface area contributed by atoms with Gasteiger partial charge in [-0.25, -0.2) is 4.39 Å². The normalized spacial score (nSPS) is 9.30. The second kappa shape index (κ2) is 6.86. The smallest absolute Gasteiger partial charge is 0.237 e. The van der Waals surface area contributed by atoms with Crippen LogP contribution in [-0.4, -0.2) is 11.6 Å². The summed E-state index contributed by atoms with van der Waals surface area (Å²) < 4.78 is 13.5. The van der Waals surface area contributed by atoms with Gasteiger partial charge in [0.05, 0.1) is 11.4 Å². The zero-order valence-electron chi connectivity index (χ0n) is 10.9. The van der Waals surface area contributed by atoms with Crippen molar-refractivity contribution in [1.82, 2.24) is 0 Å². The molecule has 1 aromatic rings. The zero-order chi connectivity index (χ0) is 15.1. The third-order valence-electron chi connectivity index (χ3n) is 2.26. The van der Waals surface area contributed by atoms with E-state index in [1.165, 1.54) is 12.1 Å². The highest BCUT2D eigenvalue weighted by Crippen LogP contribution is 2.20. The number of hydrogen-bond acceptors (Lipinski definition) is 5. The molecule has 7 heteroatoms. The SMILES string of the molecule is CC(C)C(=O)Nc1cc(NN=C(C#N)C#N)ccc1F. The lowest BCUT2D eigenvalue weighted by molar-refractivity contribution is -0.118. The molecule has 6 nitrogen and oxygen atoms in total. The van der Waals surface area contributed by atoms with Gasteiger partial charge < -0.3 is 5.32 Å². The van der Waals surface area contributed by atoms with E-state index in [1.807, 2.05) is 0 Å². The molecule has 0 aliphatic heterocycles. The highest BCUT2D eigenvalue weighted by molar-refractivity contribution is 6.10. The number of hydrogen-bond donors (Lipinski definition) is 2. The molecular formula is C13H12FN5O. The van der Waals surface area contributed by atoms with Crippen LogP contribution in [0.2, 0.25) is 0 Å². The van der Waals surface area contributed by atoms with Crippen molar-refractivity contribution < 1.29 is 9.18 Å². The predicted octanol–water partition coefficient (Wildman–Crippen LogP) is 2.24. The number of anilines is 2. The van der Waals surface area contributed by atoms with Crippen molar-refractivity contribution in [2.24, 2.45) is 11.0 Å². The van der Waals surface area contributed by atoms with Crippen molar-refractivity contribution in [1.29, 1.82) is 10.5 Å². The first kappa shape index (κ1) is 15.1. The molecule has 0 saturated heterocycles. The third kappa shape index (κ3) is 4.07. The minimum atomic E-state index is -0.589. The van der Waals surface area contributed by atoms with Gasteiger partial charge in [-0.1, -0.05) is 13.8 Å². The second-order valence-electron chi connectivity index (χ2n) is 4.13. The summed E-state index contributed by atoms with van der Waals surface area (Å²) in [5.74, 6) is -1.19. The lowest BCUT2D eigenvalue weighted by atomic mass is 10.2. The molecular weight excluding hydrogens is 261 g/mol. The van der Waals surface area contributed by atoms with Crippen LogP contribution < -0.4 is 10.7 Å². The molecule has 0 aliphatic rings. The summed E-state index contributed by atoms with van der Waals surface area (Å²) in [5.41, 5.74) is 2.42. The summed E-state index contributed by atoms with van der Waals surface area (Å²) in [7, 11) is 0. The van der Waals surface area contributed by atoms with E-state index in [0.717, 1.165) is 6.07 Å². The Kier molecular flexibility index (Phi) is 5.19. The molecule has 1 rings (SSSR count). The maximum atomic E-state index is 13.5. The zero-order valence-corrected chi connectivity index (χ0v) is 10.9. The molecule has 0 aromatic heterocycles. The Bertz CT molecular complexity index is 609. The Morgan fingerprint density at radius 3 is 2.55 bits per heavy atom. The molecule has 0 unspecified atom stereocenters. The van der Waals surface area contributed by atoms with Crippen LogP contribution in [0.4, 0.5) is 15.8 Å². The van der Waals surface area contributed by atoms with Crippen molar-refractivity contribution >= 4 is 23.0 Å². The number of nitriles is 2. The van der Waals surface area contributed by atoms with Gasteiger partial charge in [-0.05, 0) is 18.2 Å². The molecule has 1 aromatic carbocycles. The Morgan fingerprint density at radius 1 is 1.35 bits per heavy atom. The van der Waals surface area contributed by atoms with Gasteiger partial charge in [0, 0.05) is 5.92 Å². The summed E-state index contributed by atoms with van der Waals surface area (Å²) in [6.07, 6.45) is 0. The lowest BCUT2D eigenvalue weighted by Crippen LogP contribution is -2.18. The standard InChI is InChI=1S/C13H12FN5O/c1-8(2)13(20)17-12-5-9(3-4-11(12)14)18-19-10(6-15)7-16/h3-5,8,18H,1-2H3,(H,17,20). The second-order valence-corrected chi connectivity index (χ2v) is 4.13. The van der Waals surface area contributed by atoms with Gasteiger partial charge >= 0.3 is 0 Å². The fourth-order valence-corrected chi connectivity index (χ4v) is 1.16. The topological polar surface area (TPSA) is 101 Å². The number of nitrogens with one attached hydrogen (secondary N) is 2. The Labute approximate surface area is 115 Å². The number of carbonyl (C=O) groups excluding carboxylic acids is 1. The summed E-state index contributed by atoms with van der Waals surface area (Å²) in [6.45, 7) is 3.37. The molecule has 0 spiro atoms. The molecule has 20 heavy (non-hydrogen) atoms. The highest BCUT2D eigenvalue weighted by atomic mass is 19.1. The van der Waals surface area contributed by atoms with Crippen LogP contribution in [-0.2, 0) is 4.79 Å². The summed E-state index contributed by atoms with van der Waals surface area (Å²) >= 11 is 0. The molecule has 1 amide bonds. The summed E-state index contributed by atoms with van der Waals surface area (Å²) in [6, 6.07) is 7.00. The summed E-state index contributed by atoms with van der Waals surface area (Å²) in [4.78, 5) is 11.5. The van der Waals surface area contributed by atoms with Gasteiger partial charge in [-0.2, -0.15) is 15.6 Å². The number of amides is 1. The quantitative estimate of drug-likeness (QED) is 0.648. The fourth-order valence-electron chi connectivity index (χ4n) is 1.16. The summed E-state index contributed by atoms with van der Waals surface area (Å²) in [5, 5.41) is 23.0. The average molecular weight is 273 g/mol. The van der Waals surface area contributed by atoms with Crippen LogP contribution in [0.5, 0.6) is 0 Å². The number of carbonyl (C=O) groups is 1. The molecule has 2 N–H and O–H groups in total. The van der Waals surface area contributed by atoms with Crippen LogP contribution in [0.15, 0.2) is 23.3 Å². The van der Waals surface area contributed by atoms with Crippen LogP contribution in [0, 0.1) is 34.4 Å². The van der Waals surface area contributed by atoms with Gasteiger partial charge in [0.1, 0.15) is 18.0 Å². The maximum Gasteiger partial charge on any atom is 0.237 e. The van der Waals surface area contributed by atoms with E-state index in [0.29, 0.717) is 5.69 Å². The number of rotatable bonds is 4. The number of halogens is 1. The predicted molar refractivity (Wildman–Crippen MR) is 72.2 cm³/mol. The molecule has 0 saturated carbocycles. The molecule has 0 atom stereocenters. The number of hydrazone groups is 1. The first-order valence-corrected chi connectivity index (χ1v) is 5.72. The molecule has 0 radical (unpaired) electrons. The maximum absolute atomic E-state index is 13.5. The Morgan fingerprint density at radius 2 is 2.00 bits per heavy atom. The Hall–Kier alpha value is -2.93. The van der Waals surface area contributed by atoms with Crippen LogP contribution in [0.3, 0.4) is 0 Å². The van der Waals surface area contributed by atoms with E-state index in [4.69, 9.17) is 10.5 Å². The van der Waals surface area contributed by atoms with Gasteiger partial charge in [0.25, 0.3) is 0 Å². The first-order chi connectivity index (χ1) is 9.47. The van der Waals surface area contributed by atoms with E-state index in [2.05, 4.69) is 15.8 Å². The Balaban J connectivity index is 2.93. The van der Waals surface area contributed by atoms with Gasteiger partial charge in [0.2, 0.25) is 11.6 Å². The number of benzene rings is 1. The van der Waals surface area contributed by atoms with E-state index < -0.39 is 5.82 Å². The van der Waals surface area contributed by atoms with Crippen molar-refractivity contribution in [2.75, 3.05) is 10.7 Å². The fraction of sp³-hybridized carbons (Fsp3) is 0.231. The monoisotopic (exact) mass is 273 g/mol. The molecule has 0 heterocycles. The average Bonchev–Trinajstić information content (AvgIpc) is 2.43.